The van der Waals surface area contributed by atoms with Crippen LogP contribution in [0.5, 0.6) is 0 Å². The summed E-state index contributed by atoms with van der Waals surface area (Å²) in [6.07, 6.45) is 3.56. The summed E-state index contributed by atoms with van der Waals surface area (Å²) in [5, 5.41) is 4.63. The Hall–Kier alpha value is -2.14. The number of aromatic nitrogens is 2. The van der Waals surface area contributed by atoms with Crippen LogP contribution >= 0.6 is 0 Å². The van der Waals surface area contributed by atoms with Gasteiger partial charge in [-0.25, -0.2) is 0 Å². The van der Waals surface area contributed by atoms with Crippen molar-refractivity contribution in [1.82, 2.24) is 19.6 Å². The molecule has 2 fully saturated rings. The summed E-state index contributed by atoms with van der Waals surface area (Å²) in [6, 6.07) is 8.65. The molecule has 2 aromatic rings. The van der Waals surface area contributed by atoms with E-state index in [1.807, 2.05) is 23.7 Å². The van der Waals surface area contributed by atoms with Gasteiger partial charge in [0.15, 0.2) is 0 Å². The highest BCUT2D eigenvalue weighted by molar-refractivity contribution is 5.95. The monoisotopic (exact) mass is 366 g/mol. The Morgan fingerprint density at radius 2 is 2.00 bits per heavy atom. The second kappa shape index (κ2) is 7.47. The van der Waals surface area contributed by atoms with Crippen LogP contribution < -0.4 is 0 Å². The number of fused-ring (bicyclic) bond motifs is 1. The van der Waals surface area contributed by atoms with Crippen LogP contribution in [0.4, 0.5) is 0 Å². The minimum Gasteiger partial charge on any atom is -0.337 e. The summed E-state index contributed by atoms with van der Waals surface area (Å²) in [5.41, 5.74) is 5.23. The van der Waals surface area contributed by atoms with E-state index in [2.05, 4.69) is 40.9 Å². The Kier molecular flexibility index (Phi) is 5.04. The molecule has 2 saturated heterocycles. The number of carbonyl (C=O) groups is 1. The first-order chi connectivity index (χ1) is 13.1. The molecule has 0 spiro atoms. The van der Waals surface area contributed by atoms with Gasteiger partial charge in [-0.1, -0.05) is 12.1 Å². The van der Waals surface area contributed by atoms with Crippen molar-refractivity contribution >= 4 is 5.91 Å². The Morgan fingerprint density at radius 1 is 1.19 bits per heavy atom. The van der Waals surface area contributed by atoms with Gasteiger partial charge in [-0.15, -0.1) is 0 Å². The van der Waals surface area contributed by atoms with E-state index in [9.17, 15) is 4.79 Å². The van der Waals surface area contributed by atoms with Crippen LogP contribution in [-0.2, 0) is 6.54 Å². The summed E-state index contributed by atoms with van der Waals surface area (Å²) in [4.78, 5) is 17.9. The highest BCUT2D eigenvalue weighted by Gasteiger charge is 2.31. The zero-order chi connectivity index (χ0) is 19.0. The largest absolute Gasteiger partial charge is 0.337 e. The maximum Gasteiger partial charge on any atom is 0.253 e. The Morgan fingerprint density at radius 3 is 2.78 bits per heavy atom. The molecule has 3 heterocycles. The minimum atomic E-state index is 0.170. The Balaban J connectivity index is 1.60. The lowest BCUT2D eigenvalue weighted by Crippen LogP contribution is -2.39. The molecule has 2 aliphatic heterocycles. The number of aryl methyl sites for hydroxylation is 2. The molecule has 4 rings (SSSR count). The van der Waals surface area contributed by atoms with Crippen LogP contribution in [-0.4, -0.2) is 57.7 Å². The molecule has 0 aliphatic carbocycles. The third-order valence-corrected chi connectivity index (χ3v) is 6.17. The SMILES string of the molecule is CCn1nc(C)c(-c2cccc(C(=O)N3CCCN4CCC[C@H]4C3)c2)c1C. The highest BCUT2D eigenvalue weighted by atomic mass is 16.2. The van der Waals surface area contributed by atoms with Crippen molar-refractivity contribution in [2.24, 2.45) is 0 Å². The van der Waals surface area contributed by atoms with Crippen LogP contribution in [0, 0.1) is 13.8 Å². The van der Waals surface area contributed by atoms with E-state index in [4.69, 9.17) is 0 Å². The fraction of sp³-hybridized carbons (Fsp3) is 0.545. The van der Waals surface area contributed by atoms with Crippen molar-refractivity contribution in [1.29, 1.82) is 0 Å². The summed E-state index contributed by atoms with van der Waals surface area (Å²) in [7, 11) is 0. The third-order valence-electron chi connectivity index (χ3n) is 6.17. The maximum absolute atomic E-state index is 13.2. The van der Waals surface area contributed by atoms with Gasteiger partial charge in [-0.2, -0.15) is 5.10 Å². The summed E-state index contributed by atoms with van der Waals surface area (Å²) in [6.45, 7) is 11.2. The van der Waals surface area contributed by atoms with Gasteiger partial charge in [0.05, 0.1) is 5.69 Å². The third kappa shape index (κ3) is 3.41. The van der Waals surface area contributed by atoms with E-state index in [1.54, 1.807) is 0 Å². The number of hydrogen-bond acceptors (Lipinski definition) is 3. The standard InChI is InChI=1S/C22H30N4O/c1-4-26-17(3)21(16(2)23-26)18-8-5-9-19(14-18)22(27)25-13-7-12-24-11-6-10-20(24)15-25/h5,8-9,14,20H,4,6-7,10-13,15H2,1-3H3/t20-/m0/s1. The average Bonchev–Trinajstić information content (AvgIpc) is 3.17. The van der Waals surface area contributed by atoms with Gasteiger partial charge in [0, 0.05) is 49.0 Å². The number of rotatable bonds is 3. The molecular weight excluding hydrogens is 336 g/mol. The van der Waals surface area contributed by atoms with Gasteiger partial charge in [-0.05, 0) is 64.3 Å². The number of hydrogen-bond donors (Lipinski definition) is 0. The first kappa shape index (κ1) is 18.2. The van der Waals surface area contributed by atoms with E-state index < -0.39 is 0 Å². The van der Waals surface area contributed by atoms with Crippen molar-refractivity contribution in [3.05, 3.63) is 41.2 Å². The van der Waals surface area contributed by atoms with E-state index in [1.165, 1.54) is 19.4 Å². The van der Waals surface area contributed by atoms with Gasteiger partial charge < -0.3 is 4.90 Å². The molecule has 5 heteroatoms. The van der Waals surface area contributed by atoms with Crippen molar-refractivity contribution in [2.75, 3.05) is 26.2 Å². The van der Waals surface area contributed by atoms with E-state index in [-0.39, 0.29) is 5.91 Å². The maximum atomic E-state index is 13.2. The predicted molar refractivity (Wildman–Crippen MR) is 108 cm³/mol. The molecule has 0 N–H and O–H groups in total. The van der Waals surface area contributed by atoms with Gasteiger partial charge in [0.1, 0.15) is 0 Å². The molecular formula is C22H30N4O. The Labute approximate surface area is 162 Å². The van der Waals surface area contributed by atoms with Crippen molar-refractivity contribution in [3.63, 3.8) is 0 Å². The Bertz CT molecular complexity index is 841. The molecule has 1 atom stereocenters. The van der Waals surface area contributed by atoms with Gasteiger partial charge in [0.25, 0.3) is 5.91 Å². The van der Waals surface area contributed by atoms with Crippen LogP contribution in [0.3, 0.4) is 0 Å². The van der Waals surface area contributed by atoms with Crippen molar-refractivity contribution in [2.45, 2.75) is 52.6 Å². The molecule has 1 aromatic carbocycles. The summed E-state index contributed by atoms with van der Waals surface area (Å²) >= 11 is 0. The second-order valence-electron chi connectivity index (χ2n) is 7.88. The summed E-state index contributed by atoms with van der Waals surface area (Å²) < 4.78 is 2.03. The molecule has 1 aromatic heterocycles. The van der Waals surface area contributed by atoms with Crippen LogP contribution in [0.15, 0.2) is 24.3 Å². The molecule has 0 saturated carbocycles. The number of benzene rings is 1. The van der Waals surface area contributed by atoms with Crippen molar-refractivity contribution < 1.29 is 4.79 Å². The molecule has 5 nitrogen and oxygen atoms in total. The molecule has 0 bridgehead atoms. The lowest BCUT2D eigenvalue weighted by Gasteiger charge is -2.26. The van der Waals surface area contributed by atoms with Crippen LogP contribution in [0.25, 0.3) is 11.1 Å². The average molecular weight is 367 g/mol. The lowest BCUT2D eigenvalue weighted by atomic mass is 10.0. The van der Waals surface area contributed by atoms with Crippen LogP contribution in [0.2, 0.25) is 0 Å². The van der Waals surface area contributed by atoms with Gasteiger partial charge in [-0.3, -0.25) is 14.4 Å². The van der Waals surface area contributed by atoms with Crippen molar-refractivity contribution in [3.8, 4) is 11.1 Å². The fourth-order valence-electron chi connectivity index (χ4n) is 4.80. The smallest absolute Gasteiger partial charge is 0.253 e. The highest BCUT2D eigenvalue weighted by Crippen LogP contribution is 2.28. The number of carbonyl (C=O) groups excluding carboxylic acids is 1. The first-order valence-electron chi connectivity index (χ1n) is 10.3. The molecule has 144 valence electrons. The van der Waals surface area contributed by atoms with E-state index in [0.717, 1.165) is 60.7 Å². The van der Waals surface area contributed by atoms with Gasteiger partial charge >= 0.3 is 0 Å². The van der Waals surface area contributed by atoms with Gasteiger partial charge in [0.2, 0.25) is 0 Å². The quantitative estimate of drug-likeness (QED) is 0.835. The predicted octanol–water partition coefficient (Wildman–Crippen LogP) is 3.50. The lowest BCUT2D eigenvalue weighted by molar-refractivity contribution is 0.0743. The van der Waals surface area contributed by atoms with E-state index in [0.29, 0.717) is 6.04 Å². The number of amides is 1. The summed E-state index contributed by atoms with van der Waals surface area (Å²) in [5.74, 6) is 0.170. The zero-order valence-electron chi connectivity index (χ0n) is 16.7. The molecule has 0 unspecified atom stereocenters. The minimum absolute atomic E-state index is 0.170. The molecule has 1 amide bonds. The zero-order valence-corrected chi connectivity index (χ0v) is 16.7. The van der Waals surface area contributed by atoms with Crippen LogP contribution in [0.1, 0.15) is 47.9 Å². The van der Waals surface area contributed by atoms with E-state index >= 15 is 0 Å². The second-order valence-corrected chi connectivity index (χ2v) is 7.88. The topological polar surface area (TPSA) is 41.4 Å². The molecule has 27 heavy (non-hydrogen) atoms. The first-order valence-corrected chi connectivity index (χ1v) is 10.3. The normalized spacial score (nSPS) is 20.6. The number of nitrogens with zero attached hydrogens (tertiary/aromatic N) is 4. The fourth-order valence-corrected chi connectivity index (χ4v) is 4.80. The molecule has 2 aliphatic rings. The molecule has 0 radical (unpaired) electrons.